The molecule has 1 saturated carbocycles. The van der Waals surface area contributed by atoms with Gasteiger partial charge in [-0.1, -0.05) is 42.6 Å². The SMILES string of the molecule is C[C@@H](OC(=O)[C@H]1CSC2(CCCC2)C(=O)N1)C(=O)NCc1ccccc1Cl. The molecule has 2 fully saturated rings. The number of carbonyl (C=O) groups excluding carboxylic acids is 3. The van der Waals surface area contributed by atoms with E-state index in [-0.39, 0.29) is 17.2 Å². The van der Waals surface area contributed by atoms with E-state index in [2.05, 4.69) is 10.6 Å². The normalized spacial score (nSPS) is 22.1. The van der Waals surface area contributed by atoms with Crippen molar-refractivity contribution in [3.8, 4) is 0 Å². The van der Waals surface area contributed by atoms with Crippen molar-refractivity contribution >= 4 is 41.1 Å². The lowest BCUT2D eigenvalue weighted by Gasteiger charge is -2.35. The molecular formula is C19H23ClN2O4S. The van der Waals surface area contributed by atoms with Crippen molar-refractivity contribution in [1.82, 2.24) is 10.6 Å². The van der Waals surface area contributed by atoms with Crippen LogP contribution in [0.4, 0.5) is 0 Å². The zero-order valence-corrected chi connectivity index (χ0v) is 16.7. The van der Waals surface area contributed by atoms with Crippen LogP contribution in [0.25, 0.3) is 0 Å². The van der Waals surface area contributed by atoms with Crippen LogP contribution in [0, 0.1) is 0 Å². The maximum atomic E-state index is 12.4. The maximum Gasteiger partial charge on any atom is 0.330 e. The van der Waals surface area contributed by atoms with Crippen molar-refractivity contribution in [1.29, 1.82) is 0 Å². The van der Waals surface area contributed by atoms with Crippen molar-refractivity contribution in [2.75, 3.05) is 5.75 Å². The Kier molecular flexibility index (Phi) is 6.32. The van der Waals surface area contributed by atoms with Gasteiger partial charge in [-0.3, -0.25) is 9.59 Å². The average Bonchev–Trinajstić information content (AvgIpc) is 3.12. The number of carbonyl (C=O) groups is 3. The number of hydrogen-bond donors (Lipinski definition) is 2. The van der Waals surface area contributed by atoms with Crippen LogP contribution in [0.15, 0.2) is 24.3 Å². The molecule has 2 aliphatic rings. The smallest absolute Gasteiger partial charge is 0.330 e. The first-order valence-electron chi connectivity index (χ1n) is 9.08. The monoisotopic (exact) mass is 410 g/mol. The van der Waals surface area contributed by atoms with Crippen LogP contribution < -0.4 is 10.6 Å². The van der Waals surface area contributed by atoms with Gasteiger partial charge in [0.05, 0.1) is 4.75 Å². The third-order valence-corrected chi connectivity index (χ3v) is 7.03. The lowest BCUT2D eigenvalue weighted by molar-refractivity contribution is -0.157. The first-order valence-corrected chi connectivity index (χ1v) is 10.4. The molecule has 0 radical (unpaired) electrons. The second-order valence-electron chi connectivity index (χ2n) is 6.93. The Bertz CT molecular complexity index is 736. The molecule has 0 aromatic heterocycles. The first-order chi connectivity index (χ1) is 12.9. The van der Waals surface area contributed by atoms with E-state index in [0.717, 1.165) is 31.2 Å². The van der Waals surface area contributed by atoms with Crippen LogP contribution in [0.2, 0.25) is 5.02 Å². The summed E-state index contributed by atoms with van der Waals surface area (Å²) < 4.78 is 4.88. The molecule has 6 nitrogen and oxygen atoms in total. The quantitative estimate of drug-likeness (QED) is 0.728. The van der Waals surface area contributed by atoms with Gasteiger partial charge in [-0.15, -0.1) is 11.8 Å². The van der Waals surface area contributed by atoms with Gasteiger partial charge in [0.2, 0.25) is 5.91 Å². The number of thioether (sulfide) groups is 1. The van der Waals surface area contributed by atoms with Crippen LogP contribution >= 0.6 is 23.4 Å². The Morgan fingerprint density at radius 1 is 1.37 bits per heavy atom. The predicted molar refractivity (Wildman–Crippen MR) is 104 cm³/mol. The Hall–Kier alpha value is -1.73. The van der Waals surface area contributed by atoms with Gasteiger partial charge in [-0.2, -0.15) is 0 Å². The Labute approximate surface area is 167 Å². The van der Waals surface area contributed by atoms with Crippen molar-refractivity contribution in [2.24, 2.45) is 0 Å². The number of amides is 2. The summed E-state index contributed by atoms with van der Waals surface area (Å²) in [5.41, 5.74) is 0.781. The second-order valence-corrected chi connectivity index (χ2v) is 8.74. The molecule has 1 heterocycles. The van der Waals surface area contributed by atoms with Crippen LogP contribution in [0.3, 0.4) is 0 Å². The molecule has 146 valence electrons. The van der Waals surface area contributed by atoms with Crippen LogP contribution in [-0.2, 0) is 25.7 Å². The van der Waals surface area contributed by atoms with Gasteiger partial charge in [0.25, 0.3) is 5.91 Å². The number of hydrogen-bond acceptors (Lipinski definition) is 5. The summed E-state index contributed by atoms with van der Waals surface area (Å²) in [6, 6.07) is 6.48. The van der Waals surface area contributed by atoms with E-state index in [0.29, 0.717) is 10.8 Å². The second kappa shape index (κ2) is 8.52. The Morgan fingerprint density at radius 2 is 2.07 bits per heavy atom. The molecule has 1 aliphatic heterocycles. The summed E-state index contributed by atoms with van der Waals surface area (Å²) in [5.74, 6) is -0.609. The van der Waals surface area contributed by atoms with Crippen molar-refractivity contribution in [3.63, 3.8) is 0 Å². The fraction of sp³-hybridized carbons (Fsp3) is 0.526. The van der Waals surface area contributed by atoms with E-state index in [4.69, 9.17) is 16.3 Å². The molecule has 0 bridgehead atoms. The fourth-order valence-corrected chi connectivity index (χ4v) is 5.04. The topological polar surface area (TPSA) is 84.5 Å². The molecule has 3 rings (SSSR count). The van der Waals surface area contributed by atoms with Crippen molar-refractivity contribution in [2.45, 2.75) is 56.0 Å². The highest BCUT2D eigenvalue weighted by Crippen LogP contribution is 2.44. The largest absolute Gasteiger partial charge is 0.451 e. The summed E-state index contributed by atoms with van der Waals surface area (Å²) in [4.78, 5) is 36.9. The Morgan fingerprint density at radius 3 is 2.74 bits per heavy atom. The van der Waals surface area contributed by atoms with Gasteiger partial charge in [0.15, 0.2) is 6.10 Å². The number of ether oxygens (including phenoxy) is 1. The summed E-state index contributed by atoms with van der Waals surface area (Å²) in [5, 5.41) is 6.04. The van der Waals surface area contributed by atoms with E-state index in [1.165, 1.54) is 18.7 Å². The van der Waals surface area contributed by atoms with E-state index >= 15 is 0 Å². The number of benzene rings is 1. The number of esters is 1. The molecule has 2 N–H and O–H groups in total. The summed E-state index contributed by atoms with van der Waals surface area (Å²) in [6.45, 7) is 1.76. The molecule has 8 heteroatoms. The summed E-state index contributed by atoms with van der Waals surface area (Å²) in [6.07, 6.45) is 2.83. The van der Waals surface area contributed by atoms with E-state index < -0.39 is 24.0 Å². The van der Waals surface area contributed by atoms with Crippen LogP contribution in [0.1, 0.15) is 38.2 Å². The molecule has 1 spiro atoms. The average molecular weight is 411 g/mol. The molecule has 1 saturated heterocycles. The van der Waals surface area contributed by atoms with Crippen molar-refractivity contribution in [3.05, 3.63) is 34.9 Å². The standard InChI is InChI=1S/C19H23ClN2O4S/c1-12(16(23)21-10-13-6-2-3-7-14(13)20)26-17(24)15-11-27-19(18(25)22-15)8-4-5-9-19/h2-3,6-7,12,15H,4-5,8-11H2,1H3,(H,21,23)(H,22,25)/t12-,15-/m1/s1. The molecule has 1 aliphatic carbocycles. The highest BCUT2D eigenvalue weighted by Gasteiger charge is 2.47. The Balaban J connectivity index is 1.48. The summed E-state index contributed by atoms with van der Waals surface area (Å²) >= 11 is 7.59. The van der Waals surface area contributed by atoms with E-state index in [1.807, 2.05) is 18.2 Å². The van der Waals surface area contributed by atoms with Gasteiger partial charge < -0.3 is 15.4 Å². The zero-order chi connectivity index (χ0) is 19.4. The molecule has 27 heavy (non-hydrogen) atoms. The zero-order valence-electron chi connectivity index (χ0n) is 15.1. The minimum Gasteiger partial charge on any atom is -0.451 e. The van der Waals surface area contributed by atoms with Gasteiger partial charge >= 0.3 is 5.97 Å². The number of halogens is 1. The molecular weight excluding hydrogens is 388 g/mol. The summed E-state index contributed by atoms with van der Waals surface area (Å²) in [7, 11) is 0. The van der Waals surface area contributed by atoms with E-state index in [1.54, 1.807) is 6.07 Å². The molecule has 2 atom stereocenters. The number of nitrogens with one attached hydrogen (secondary N) is 2. The van der Waals surface area contributed by atoms with Gasteiger partial charge in [-0.05, 0) is 31.4 Å². The first kappa shape index (κ1) is 20.0. The van der Waals surface area contributed by atoms with Gasteiger partial charge in [0, 0.05) is 17.3 Å². The van der Waals surface area contributed by atoms with Gasteiger partial charge in [0.1, 0.15) is 6.04 Å². The maximum absolute atomic E-state index is 12.4. The lowest BCUT2D eigenvalue weighted by atomic mass is 10.1. The third-order valence-electron chi connectivity index (χ3n) is 5.01. The molecule has 1 aromatic carbocycles. The van der Waals surface area contributed by atoms with Gasteiger partial charge in [-0.25, -0.2) is 4.79 Å². The molecule has 2 amide bonds. The van der Waals surface area contributed by atoms with Crippen molar-refractivity contribution < 1.29 is 19.1 Å². The minimum absolute atomic E-state index is 0.0889. The van der Waals surface area contributed by atoms with E-state index in [9.17, 15) is 14.4 Å². The lowest BCUT2D eigenvalue weighted by Crippen LogP contribution is -2.56. The highest BCUT2D eigenvalue weighted by atomic mass is 35.5. The molecule has 1 aromatic rings. The number of rotatable bonds is 5. The minimum atomic E-state index is -0.954. The molecule has 0 unspecified atom stereocenters. The highest BCUT2D eigenvalue weighted by molar-refractivity contribution is 8.01. The predicted octanol–water partition coefficient (Wildman–Crippen LogP) is 2.43. The van der Waals surface area contributed by atoms with Crippen LogP contribution in [-0.4, -0.2) is 40.4 Å². The van der Waals surface area contributed by atoms with Crippen LogP contribution in [0.5, 0.6) is 0 Å². The fourth-order valence-electron chi connectivity index (χ4n) is 3.36. The third kappa shape index (κ3) is 4.58.